The molecule has 1 aliphatic rings. The molecular formula is C12H14ClN3. The Morgan fingerprint density at radius 2 is 1.94 bits per heavy atom. The molecule has 3 nitrogen and oxygen atoms in total. The molecule has 0 spiro atoms. The zero-order chi connectivity index (χ0) is 11.4. The van der Waals surface area contributed by atoms with Crippen molar-refractivity contribution in [3.8, 4) is 0 Å². The molecule has 2 rings (SSSR count). The van der Waals surface area contributed by atoms with Gasteiger partial charge < -0.3 is 4.90 Å². The number of hydrogen-bond acceptors (Lipinski definition) is 3. The first-order valence-electron chi connectivity index (χ1n) is 5.32. The van der Waals surface area contributed by atoms with Crippen LogP contribution in [0, 0.1) is 0 Å². The van der Waals surface area contributed by atoms with Crippen LogP contribution >= 0.6 is 11.6 Å². The van der Waals surface area contributed by atoms with Gasteiger partial charge in [0.15, 0.2) is 0 Å². The molecule has 16 heavy (non-hydrogen) atoms. The van der Waals surface area contributed by atoms with Gasteiger partial charge in [0.25, 0.3) is 0 Å². The summed E-state index contributed by atoms with van der Waals surface area (Å²) < 4.78 is 0. The average molecular weight is 236 g/mol. The molecule has 1 heterocycles. The molecular weight excluding hydrogens is 222 g/mol. The maximum atomic E-state index is 5.79. The van der Waals surface area contributed by atoms with Gasteiger partial charge >= 0.3 is 0 Å². The van der Waals surface area contributed by atoms with Crippen LogP contribution in [0.1, 0.15) is 12.8 Å². The third kappa shape index (κ3) is 3.07. The van der Waals surface area contributed by atoms with Crippen LogP contribution in [0.3, 0.4) is 0 Å². The summed E-state index contributed by atoms with van der Waals surface area (Å²) in [6.45, 7) is 1.10. The smallest absolute Gasteiger partial charge is 0.0858 e. The van der Waals surface area contributed by atoms with E-state index in [1.807, 2.05) is 30.5 Å². The third-order valence-corrected chi connectivity index (χ3v) is 2.69. The number of benzene rings is 1. The van der Waals surface area contributed by atoms with Crippen LogP contribution < -0.4 is 0 Å². The Labute approximate surface area is 100 Å². The zero-order valence-corrected chi connectivity index (χ0v) is 9.98. The van der Waals surface area contributed by atoms with E-state index in [9.17, 15) is 0 Å². The number of allylic oxidation sites excluding steroid dienone is 1. The molecule has 0 atom stereocenters. The van der Waals surface area contributed by atoms with Gasteiger partial charge in [-0.2, -0.15) is 10.2 Å². The van der Waals surface area contributed by atoms with Crippen LogP contribution in [0.4, 0.5) is 5.69 Å². The highest BCUT2D eigenvalue weighted by atomic mass is 35.5. The molecule has 0 radical (unpaired) electrons. The molecule has 0 bridgehead atoms. The van der Waals surface area contributed by atoms with Crippen molar-refractivity contribution in [3.63, 3.8) is 0 Å². The highest BCUT2D eigenvalue weighted by molar-refractivity contribution is 6.30. The maximum Gasteiger partial charge on any atom is 0.0858 e. The Bertz CT molecular complexity index is 409. The first kappa shape index (κ1) is 11.1. The Morgan fingerprint density at radius 3 is 2.62 bits per heavy atom. The lowest BCUT2D eigenvalue weighted by atomic mass is 10.2. The Morgan fingerprint density at radius 1 is 1.19 bits per heavy atom. The summed E-state index contributed by atoms with van der Waals surface area (Å²) in [5, 5.41) is 9.13. The Hall–Kier alpha value is -1.35. The third-order valence-electron chi connectivity index (χ3n) is 2.43. The van der Waals surface area contributed by atoms with Gasteiger partial charge in [-0.25, -0.2) is 0 Å². The van der Waals surface area contributed by atoms with Gasteiger partial charge in [-0.3, -0.25) is 0 Å². The lowest BCUT2D eigenvalue weighted by Crippen LogP contribution is -2.16. The van der Waals surface area contributed by atoms with E-state index in [4.69, 9.17) is 11.6 Å². The Balaban J connectivity index is 2.06. The Kier molecular flexibility index (Phi) is 3.57. The first-order chi connectivity index (χ1) is 7.74. The van der Waals surface area contributed by atoms with Gasteiger partial charge in [0, 0.05) is 24.8 Å². The topological polar surface area (TPSA) is 28.0 Å². The van der Waals surface area contributed by atoms with Crippen LogP contribution in [0.5, 0.6) is 0 Å². The minimum Gasteiger partial charge on any atom is -0.379 e. The van der Waals surface area contributed by atoms with Crippen molar-refractivity contribution in [1.82, 2.24) is 4.90 Å². The van der Waals surface area contributed by atoms with E-state index in [2.05, 4.69) is 22.2 Å². The molecule has 0 aromatic heterocycles. The number of hydrogen-bond donors (Lipinski definition) is 0. The zero-order valence-electron chi connectivity index (χ0n) is 9.23. The largest absolute Gasteiger partial charge is 0.379 e. The molecule has 0 aliphatic carbocycles. The molecule has 84 valence electrons. The predicted molar refractivity (Wildman–Crippen MR) is 65.9 cm³/mol. The summed E-state index contributed by atoms with van der Waals surface area (Å²) >= 11 is 5.79. The van der Waals surface area contributed by atoms with Crippen LogP contribution in [-0.4, -0.2) is 18.5 Å². The van der Waals surface area contributed by atoms with Crippen LogP contribution in [0.25, 0.3) is 0 Å². The molecule has 1 aromatic rings. The van der Waals surface area contributed by atoms with E-state index in [1.54, 1.807) is 0 Å². The molecule has 1 aliphatic heterocycles. The number of rotatable bonds is 2. The van der Waals surface area contributed by atoms with Crippen molar-refractivity contribution in [2.45, 2.75) is 12.8 Å². The number of azo groups is 1. The minimum absolute atomic E-state index is 0.718. The van der Waals surface area contributed by atoms with E-state index < -0.39 is 0 Å². The average Bonchev–Trinajstić information content (AvgIpc) is 2.28. The standard InChI is InChI=1S/C12H14ClN3/c1-16-8-2-3-12(9-16)15-14-11-6-4-10(13)5-7-11/h4-7,9H,2-3,8H2,1H3. The summed E-state index contributed by atoms with van der Waals surface area (Å²) in [6, 6.07) is 7.35. The molecule has 0 N–H and O–H groups in total. The number of halogens is 1. The van der Waals surface area contributed by atoms with Crippen molar-refractivity contribution in [2.24, 2.45) is 10.2 Å². The fourth-order valence-corrected chi connectivity index (χ4v) is 1.72. The highest BCUT2D eigenvalue weighted by Crippen LogP contribution is 2.20. The van der Waals surface area contributed by atoms with Gasteiger partial charge in [-0.05, 0) is 37.1 Å². The van der Waals surface area contributed by atoms with Crippen molar-refractivity contribution < 1.29 is 0 Å². The van der Waals surface area contributed by atoms with E-state index >= 15 is 0 Å². The van der Waals surface area contributed by atoms with E-state index in [1.165, 1.54) is 0 Å². The maximum absolute atomic E-state index is 5.79. The molecule has 0 unspecified atom stereocenters. The first-order valence-corrected chi connectivity index (χ1v) is 5.70. The fraction of sp³-hybridized carbons (Fsp3) is 0.333. The summed E-state index contributed by atoms with van der Waals surface area (Å²) in [7, 11) is 2.05. The molecule has 0 saturated heterocycles. The molecule has 0 amide bonds. The normalized spacial score (nSPS) is 16.6. The minimum atomic E-state index is 0.718. The predicted octanol–water partition coefficient (Wildman–Crippen LogP) is 3.99. The van der Waals surface area contributed by atoms with Crippen LogP contribution in [0.15, 0.2) is 46.4 Å². The molecule has 0 saturated carbocycles. The number of nitrogens with zero attached hydrogens (tertiary/aromatic N) is 3. The van der Waals surface area contributed by atoms with Gasteiger partial charge in [0.1, 0.15) is 0 Å². The quantitative estimate of drug-likeness (QED) is 0.713. The highest BCUT2D eigenvalue weighted by Gasteiger charge is 2.05. The van der Waals surface area contributed by atoms with Crippen LogP contribution in [0.2, 0.25) is 5.02 Å². The van der Waals surface area contributed by atoms with Gasteiger partial charge in [0.2, 0.25) is 0 Å². The lowest BCUT2D eigenvalue weighted by molar-refractivity contribution is 0.414. The second-order valence-corrected chi connectivity index (χ2v) is 4.32. The van der Waals surface area contributed by atoms with Crippen molar-refractivity contribution in [2.75, 3.05) is 13.6 Å². The molecule has 0 fully saturated rings. The second-order valence-electron chi connectivity index (χ2n) is 3.88. The molecule has 4 heteroatoms. The van der Waals surface area contributed by atoms with Crippen molar-refractivity contribution in [3.05, 3.63) is 41.2 Å². The molecule has 1 aromatic carbocycles. The van der Waals surface area contributed by atoms with Gasteiger partial charge in [-0.15, -0.1) is 0 Å². The summed E-state index contributed by atoms with van der Waals surface area (Å²) in [5.41, 5.74) is 1.86. The summed E-state index contributed by atoms with van der Waals surface area (Å²) in [4.78, 5) is 2.14. The lowest BCUT2D eigenvalue weighted by Gasteiger charge is -2.19. The summed E-state index contributed by atoms with van der Waals surface area (Å²) in [5.74, 6) is 0. The SMILES string of the molecule is CN1C=C(N=Nc2ccc(Cl)cc2)CCC1. The van der Waals surface area contributed by atoms with Gasteiger partial charge in [0.05, 0.1) is 11.4 Å². The van der Waals surface area contributed by atoms with Gasteiger partial charge in [-0.1, -0.05) is 11.6 Å². The van der Waals surface area contributed by atoms with Crippen LogP contribution in [-0.2, 0) is 0 Å². The fourth-order valence-electron chi connectivity index (χ4n) is 1.60. The van der Waals surface area contributed by atoms with Crippen molar-refractivity contribution >= 4 is 17.3 Å². The van der Waals surface area contributed by atoms with E-state index in [0.717, 1.165) is 35.8 Å². The summed E-state index contributed by atoms with van der Waals surface area (Å²) in [6.07, 6.45) is 4.19. The van der Waals surface area contributed by atoms with E-state index in [0.29, 0.717) is 0 Å². The van der Waals surface area contributed by atoms with E-state index in [-0.39, 0.29) is 0 Å². The monoisotopic (exact) mass is 235 g/mol. The van der Waals surface area contributed by atoms with Crippen molar-refractivity contribution in [1.29, 1.82) is 0 Å². The second kappa shape index (κ2) is 5.12.